The first-order valence-corrected chi connectivity index (χ1v) is 7.09. The van der Waals surface area contributed by atoms with Gasteiger partial charge in [0.2, 0.25) is 5.95 Å². The number of aromatic nitrogens is 2. The second kappa shape index (κ2) is 7.10. The van der Waals surface area contributed by atoms with Gasteiger partial charge in [-0.1, -0.05) is 37.3 Å². The van der Waals surface area contributed by atoms with Gasteiger partial charge in [-0.2, -0.15) is 0 Å². The Labute approximate surface area is 120 Å². The molecule has 0 aliphatic rings. The second-order valence-corrected chi connectivity index (χ2v) is 4.98. The zero-order chi connectivity index (χ0) is 14.4. The largest absolute Gasteiger partial charge is 0.383 e. The minimum absolute atomic E-state index is 0.262. The lowest BCUT2D eigenvalue weighted by Gasteiger charge is -2.21. The van der Waals surface area contributed by atoms with Crippen molar-refractivity contribution in [3.63, 3.8) is 0 Å². The van der Waals surface area contributed by atoms with E-state index in [9.17, 15) is 0 Å². The number of nitrogens with one attached hydrogen (secondary N) is 1. The predicted octanol–water partition coefficient (Wildman–Crippen LogP) is 3.65. The third-order valence-corrected chi connectivity index (χ3v) is 3.46. The van der Waals surface area contributed by atoms with Gasteiger partial charge < -0.3 is 14.6 Å². The molecule has 0 aliphatic heterocycles. The molecule has 1 aromatic heterocycles. The van der Waals surface area contributed by atoms with Crippen LogP contribution in [0, 0.1) is 0 Å². The van der Waals surface area contributed by atoms with Crippen LogP contribution in [-0.4, -0.2) is 23.3 Å². The lowest BCUT2D eigenvalue weighted by molar-refractivity contribution is 0.163. The molecular weight excluding hydrogens is 250 g/mol. The average molecular weight is 273 g/mol. The van der Waals surface area contributed by atoms with Gasteiger partial charge in [-0.05, 0) is 18.9 Å². The van der Waals surface area contributed by atoms with Crippen LogP contribution in [0.25, 0.3) is 0 Å². The molecule has 0 bridgehead atoms. The Morgan fingerprint density at radius 2 is 2.05 bits per heavy atom. The molecule has 108 valence electrons. The van der Waals surface area contributed by atoms with E-state index in [4.69, 9.17) is 4.74 Å². The molecule has 4 nitrogen and oxygen atoms in total. The summed E-state index contributed by atoms with van der Waals surface area (Å²) >= 11 is 0. The number of imidazole rings is 1. The Hall–Kier alpha value is -1.81. The molecule has 2 unspecified atom stereocenters. The van der Waals surface area contributed by atoms with E-state index in [0.717, 1.165) is 12.4 Å². The summed E-state index contributed by atoms with van der Waals surface area (Å²) in [5.74, 6) is 0.894. The quantitative estimate of drug-likeness (QED) is 0.837. The minimum atomic E-state index is 0.262. The van der Waals surface area contributed by atoms with Crippen molar-refractivity contribution in [1.82, 2.24) is 9.55 Å². The number of methoxy groups -OCH3 is 1. The van der Waals surface area contributed by atoms with Gasteiger partial charge in [0, 0.05) is 19.5 Å². The van der Waals surface area contributed by atoms with Crippen LogP contribution in [0.15, 0.2) is 42.7 Å². The van der Waals surface area contributed by atoms with E-state index in [0.29, 0.717) is 6.61 Å². The summed E-state index contributed by atoms with van der Waals surface area (Å²) in [4.78, 5) is 4.43. The fraction of sp³-hybridized carbons (Fsp3) is 0.438. The summed E-state index contributed by atoms with van der Waals surface area (Å²) in [6, 6.07) is 11.0. The third kappa shape index (κ3) is 3.39. The van der Waals surface area contributed by atoms with Crippen LogP contribution >= 0.6 is 0 Å². The first kappa shape index (κ1) is 14.6. The van der Waals surface area contributed by atoms with Crippen LogP contribution in [-0.2, 0) is 4.74 Å². The number of nitrogens with zero attached hydrogens (tertiary/aromatic N) is 2. The molecule has 20 heavy (non-hydrogen) atoms. The number of rotatable bonds is 7. The van der Waals surface area contributed by atoms with Crippen LogP contribution in [0.4, 0.5) is 5.95 Å². The van der Waals surface area contributed by atoms with Crippen molar-refractivity contribution in [3.8, 4) is 0 Å². The molecule has 0 spiro atoms. The topological polar surface area (TPSA) is 39.1 Å². The Morgan fingerprint density at radius 1 is 1.30 bits per heavy atom. The molecule has 1 aromatic carbocycles. The van der Waals surface area contributed by atoms with Crippen LogP contribution in [0.5, 0.6) is 0 Å². The molecule has 0 saturated carbocycles. The Morgan fingerprint density at radius 3 is 2.70 bits per heavy atom. The zero-order valence-electron chi connectivity index (χ0n) is 12.4. The third-order valence-electron chi connectivity index (χ3n) is 3.46. The van der Waals surface area contributed by atoms with Crippen molar-refractivity contribution >= 4 is 5.95 Å². The number of ether oxygens (including phenoxy) is 1. The molecule has 2 rings (SSSR count). The Balaban J connectivity index is 2.14. The van der Waals surface area contributed by atoms with Gasteiger partial charge >= 0.3 is 0 Å². The van der Waals surface area contributed by atoms with Crippen molar-refractivity contribution in [2.45, 2.75) is 32.4 Å². The van der Waals surface area contributed by atoms with E-state index in [2.05, 4.69) is 53.0 Å². The lowest BCUT2D eigenvalue weighted by atomic mass is 10.1. The predicted molar refractivity (Wildman–Crippen MR) is 81.9 cm³/mol. The molecule has 0 amide bonds. The maximum Gasteiger partial charge on any atom is 0.203 e. The van der Waals surface area contributed by atoms with Crippen LogP contribution in [0.1, 0.15) is 37.9 Å². The SMILES string of the molecule is CCC(Nc1nccn1C(C)COC)c1ccccc1. The minimum Gasteiger partial charge on any atom is -0.383 e. The Bertz CT molecular complexity index is 509. The summed E-state index contributed by atoms with van der Waals surface area (Å²) in [5.41, 5.74) is 1.28. The zero-order valence-corrected chi connectivity index (χ0v) is 12.4. The summed E-state index contributed by atoms with van der Waals surface area (Å²) in [6.45, 7) is 4.98. The van der Waals surface area contributed by atoms with Crippen LogP contribution < -0.4 is 5.32 Å². The van der Waals surface area contributed by atoms with E-state index in [1.807, 2.05) is 18.5 Å². The monoisotopic (exact) mass is 273 g/mol. The maximum atomic E-state index is 5.22. The first-order chi connectivity index (χ1) is 9.76. The van der Waals surface area contributed by atoms with Crippen molar-refractivity contribution in [1.29, 1.82) is 0 Å². The Kier molecular flexibility index (Phi) is 5.18. The fourth-order valence-electron chi connectivity index (χ4n) is 2.36. The fourth-order valence-corrected chi connectivity index (χ4v) is 2.36. The van der Waals surface area contributed by atoms with Gasteiger partial charge in [-0.3, -0.25) is 0 Å². The molecular formula is C16H23N3O. The average Bonchev–Trinajstić information content (AvgIpc) is 2.94. The van der Waals surface area contributed by atoms with Gasteiger partial charge in [0.25, 0.3) is 0 Å². The highest BCUT2D eigenvalue weighted by atomic mass is 16.5. The highest BCUT2D eigenvalue weighted by molar-refractivity contribution is 5.33. The van der Waals surface area contributed by atoms with E-state index >= 15 is 0 Å². The molecule has 0 saturated heterocycles. The lowest BCUT2D eigenvalue weighted by Crippen LogP contribution is -2.17. The normalized spacial score (nSPS) is 13.9. The van der Waals surface area contributed by atoms with E-state index < -0.39 is 0 Å². The number of hydrogen-bond donors (Lipinski definition) is 1. The van der Waals surface area contributed by atoms with Gasteiger partial charge in [0.15, 0.2) is 0 Å². The maximum absolute atomic E-state index is 5.22. The van der Waals surface area contributed by atoms with Crippen LogP contribution in [0.2, 0.25) is 0 Å². The highest BCUT2D eigenvalue weighted by Crippen LogP contribution is 2.23. The van der Waals surface area contributed by atoms with E-state index in [1.165, 1.54) is 5.56 Å². The molecule has 2 aromatic rings. The molecule has 0 fully saturated rings. The van der Waals surface area contributed by atoms with Crippen molar-refractivity contribution in [3.05, 3.63) is 48.3 Å². The summed E-state index contributed by atoms with van der Waals surface area (Å²) in [5, 5.41) is 3.53. The number of benzene rings is 1. The van der Waals surface area contributed by atoms with Gasteiger partial charge in [-0.25, -0.2) is 4.98 Å². The van der Waals surface area contributed by atoms with Crippen molar-refractivity contribution < 1.29 is 4.74 Å². The molecule has 0 aliphatic carbocycles. The van der Waals surface area contributed by atoms with E-state index in [1.54, 1.807) is 7.11 Å². The van der Waals surface area contributed by atoms with Crippen molar-refractivity contribution in [2.75, 3.05) is 19.0 Å². The molecule has 0 radical (unpaired) electrons. The van der Waals surface area contributed by atoms with Crippen molar-refractivity contribution in [2.24, 2.45) is 0 Å². The summed E-state index contributed by atoms with van der Waals surface area (Å²) in [6.07, 6.45) is 4.82. The van der Waals surface area contributed by atoms with Gasteiger partial charge in [-0.15, -0.1) is 0 Å². The molecule has 1 N–H and O–H groups in total. The standard InChI is InChI=1S/C16H23N3O/c1-4-15(14-8-6-5-7-9-14)18-16-17-10-11-19(16)13(2)12-20-3/h5-11,13,15H,4,12H2,1-3H3,(H,17,18). The van der Waals surface area contributed by atoms with Gasteiger partial charge in [0.1, 0.15) is 0 Å². The van der Waals surface area contributed by atoms with E-state index in [-0.39, 0.29) is 12.1 Å². The smallest absolute Gasteiger partial charge is 0.203 e. The first-order valence-electron chi connectivity index (χ1n) is 7.09. The highest BCUT2D eigenvalue weighted by Gasteiger charge is 2.14. The van der Waals surface area contributed by atoms with Crippen LogP contribution in [0.3, 0.4) is 0 Å². The second-order valence-electron chi connectivity index (χ2n) is 4.98. The molecule has 2 atom stereocenters. The van der Waals surface area contributed by atoms with Gasteiger partial charge in [0.05, 0.1) is 18.7 Å². The summed E-state index contributed by atoms with van der Waals surface area (Å²) < 4.78 is 7.34. The number of hydrogen-bond acceptors (Lipinski definition) is 3. The molecule has 4 heteroatoms. The number of anilines is 1. The molecule has 1 heterocycles. The summed E-state index contributed by atoms with van der Waals surface area (Å²) in [7, 11) is 1.72.